The molecule has 0 aliphatic heterocycles. The lowest BCUT2D eigenvalue weighted by atomic mass is 10.1. The van der Waals surface area contributed by atoms with Crippen molar-refractivity contribution in [2.45, 2.75) is 6.92 Å². The van der Waals surface area contributed by atoms with Gasteiger partial charge in [0.25, 0.3) is 0 Å². The molecule has 0 unspecified atom stereocenters. The Labute approximate surface area is 119 Å². The molecule has 0 radical (unpaired) electrons. The van der Waals surface area contributed by atoms with E-state index in [0.717, 1.165) is 13.2 Å². The average Bonchev–Trinajstić information content (AvgIpc) is 2.82. The number of benzene rings is 1. The van der Waals surface area contributed by atoms with Gasteiger partial charge >= 0.3 is 11.7 Å². The third kappa shape index (κ3) is 2.66. The summed E-state index contributed by atoms with van der Waals surface area (Å²) >= 11 is 0. The molecule has 21 heavy (non-hydrogen) atoms. The van der Waals surface area contributed by atoms with Crippen LogP contribution in [0.25, 0.3) is 17.0 Å². The molecule has 0 aliphatic carbocycles. The second-order valence-electron chi connectivity index (χ2n) is 4.27. The van der Waals surface area contributed by atoms with E-state index in [0.29, 0.717) is 16.5 Å². The lowest BCUT2D eigenvalue weighted by molar-refractivity contribution is -0.419. The summed E-state index contributed by atoms with van der Waals surface area (Å²) in [5.74, 6) is -1.27. The Hall–Kier alpha value is -2.96. The first-order valence-corrected chi connectivity index (χ1v) is 6.01. The Bertz CT molecular complexity index is 773. The number of nitro groups is 1. The fourth-order valence-electron chi connectivity index (χ4n) is 2.02. The van der Waals surface area contributed by atoms with Crippen molar-refractivity contribution in [2.24, 2.45) is 0 Å². The van der Waals surface area contributed by atoms with Crippen LogP contribution in [0.4, 0.5) is 0 Å². The number of carbonyl (C=O) groups is 2. The molecule has 0 N–H and O–H groups in total. The molecule has 0 aliphatic rings. The van der Waals surface area contributed by atoms with Crippen LogP contribution in [0.5, 0.6) is 0 Å². The number of rotatable bonds is 3. The van der Waals surface area contributed by atoms with Crippen molar-refractivity contribution in [2.75, 3.05) is 7.11 Å². The van der Waals surface area contributed by atoms with Crippen molar-refractivity contribution >= 4 is 28.9 Å². The molecule has 0 fully saturated rings. The van der Waals surface area contributed by atoms with Gasteiger partial charge in [-0.1, -0.05) is 18.2 Å². The van der Waals surface area contributed by atoms with E-state index >= 15 is 0 Å². The Kier molecular flexibility index (Phi) is 3.84. The molecule has 7 heteroatoms. The highest BCUT2D eigenvalue weighted by Gasteiger charge is 2.23. The molecule has 0 bridgehead atoms. The summed E-state index contributed by atoms with van der Waals surface area (Å²) in [6.45, 7) is 1.38. The van der Waals surface area contributed by atoms with Crippen LogP contribution in [0.1, 0.15) is 17.3 Å². The standard InChI is InChI=1S/C14H12N2O5/c1-9(17)15-8-10(11-5-3-4-6-12(11)15)7-13(16(19)20)14(18)21-2/h3-8H,1-2H3. The molecule has 108 valence electrons. The van der Waals surface area contributed by atoms with Gasteiger partial charge in [-0.25, -0.2) is 4.79 Å². The zero-order valence-electron chi connectivity index (χ0n) is 11.4. The SMILES string of the molecule is COC(=O)C(=Cc1cn(C(C)=O)c2ccccc12)[N+](=O)[O-]. The summed E-state index contributed by atoms with van der Waals surface area (Å²) in [7, 11) is 1.07. The van der Waals surface area contributed by atoms with Crippen LogP contribution < -0.4 is 0 Å². The van der Waals surface area contributed by atoms with Crippen molar-refractivity contribution in [3.63, 3.8) is 0 Å². The van der Waals surface area contributed by atoms with Crippen LogP contribution in [0.2, 0.25) is 0 Å². The molecule has 0 saturated heterocycles. The molecule has 1 aromatic heterocycles. The number of nitrogens with zero attached hydrogens (tertiary/aromatic N) is 2. The molecule has 0 amide bonds. The van der Waals surface area contributed by atoms with Crippen LogP contribution in [0.15, 0.2) is 36.2 Å². The average molecular weight is 288 g/mol. The zero-order valence-corrected chi connectivity index (χ0v) is 11.4. The van der Waals surface area contributed by atoms with E-state index in [2.05, 4.69) is 4.74 Å². The minimum Gasteiger partial charge on any atom is -0.461 e. The molecule has 1 heterocycles. The number of hydrogen-bond donors (Lipinski definition) is 0. The molecule has 7 nitrogen and oxygen atoms in total. The fourth-order valence-corrected chi connectivity index (χ4v) is 2.02. The summed E-state index contributed by atoms with van der Waals surface area (Å²) in [4.78, 5) is 33.2. The van der Waals surface area contributed by atoms with Gasteiger partial charge < -0.3 is 4.74 Å². The third-order valence-corrected chi connectivity index (χ3v) is 2.97. The van der Waals surface area contributed by atoms with Crippen LogP contribution in [-0.4, -0.2) is 28.5 Å². The molecule has 0 spiro atoms. The van der Waals surface area contributed by atoms with Crippen molar-refractivity contribution < 1.29 is 19.2 Å². The van der Waals surface area contributed by atoms with Gasteiger partial charge in [0.05, 0.1) is 17.5 Å². The number of aromatic nitrogens is 1. The van der Waals surface area contributed by atoms with Gasteiger partial charge in [0.15, 0.2) is 0 Å². The van der Waals surface area contributed by atoms with Gasteiger partial charge in [-0.2, -0.15) is 0 Å². The predicted molar refractivity (Wildman–Crippen MR) is 75.2 cm³/mol. The Morgan fingerprint density at radius 2 is 2.00 bits per heavy atom. The second-order valence-corrected chi connectivity index (χ2v) is 4.27. The number of ether oxygens (including phenoxy) is 1. The maximum absolute atomic E-state index is 11.6. The topological polar surface area (TPSA) is 91.4 Å². The quantitative estimate of drug-likeness (QED) is 0.373. The fraction of sp³-hybridized carbons (Fsp3) is 0.143. The van der Waals surface area contributed by atoms with E-state index in [9.17, 15) is 19.7 Å². The monoisotopic (exact) mass is 288 g/mol. The Morgan fingerprint density at radius 1 is 1.33 bits per heavy atom. The number of hydrogen-bond acceptors (Lipinski definition) is 5. The lowest BCUT2D eigenvalue weighted by Gasteiger charge is -1.97. The van der Waals surface area contributed by atoms with Gasteiger partial charge in [-0.15, -0.1) is 0 Å². The highest BCUT2D eigenvalue weighted by atomic mass is 16.6. The lowest BCUT2D eigenvalue weighted by Crippen LogP contribution is -2.12. The molecular weight excluding hydrogens is 276 g/mol. The van der Waals surface area contributed by atoms with Crippen molar-refractivity contribution in [1.29, 1.82) is 0 Å². The van der Waals surface area contributed by atoms with Gasteiger partial charge in [0.1, 0.15) is 0 Å². The summed E-state index contributed by atoms with van der Waals surface area (Å²) in [5.41, 5.74) is 0.325. The van der Waals surface area contributed by atoms with Crippen molar-refractivity contribution in [3.8, 4) is 0 Å². The third-order valence-electron chi connectivity index (χ3n) is 2.97. The van der Waals surface area contributed by atoms with E-state index < -0.39 is 16.6 Å². The first kappa shape index (κ1) is 14.4. The molecule has 1 aromatic carbocycles. The zero-order chi connectivity index (χ0) is 15.6. The highest BCUT2D eigenvalue weighted by molar-refractivity contribution is 5.99. The normalized spacial score (nSPS) is 11.4. The van der Waals surface area contributed by atoms with Crippen LogP contribution in [0.3, 0.4) is 0 Å². The number of carbonyl (C=O) groups excluding carboxylic acids is 2. The Morgan fingerprint density at radius 3 is 2.57 bits per heavy atom. The predicted octanol–water partition coefficient (Wildman–Crippen LogP) is 2.09. The maximum atomic E-state index is 11.6. The largest absolute Gasteiger partial charge is 0.461 e. The van der Waals surface area contributed by atoms with E-state index in [1.165, 1.54) is 17.7 Å². The number of fused-ring (bicyclic) bond motifs is 1. The maximum Gasteiger partial charge on any atom is 0.409 e. The molecule has 2 aromatic rings. The van der Waals surface area contributed by atoms with Gasteiger partial charge in [0.2, 0.25) is 5.91 Å². The van der Waals surface area contributed by atoms with Crippen molar-refractivity contribution in [1.82, 2.24) is 4.57 Å². The molecule has 0 saturated carbocycles. The van der Waals surface area contributed by atoms with Crippen LogP contribution in [0, 0.1) is 10.1 Å². The minimum atomic E-state index is -1.04. The van der Waals surface area contributed by atoms with E-state index in [1.54, 1.807) is 24.3 Å². The first-order chi connectivity index (χ1) is 9.95. The van der Waals surface area contributed by atoms with Crippen molar-refractivity contribution in [3.05, 3.63) is 51.8 Å². The van der Waals surface area contributed by atoms with Crippen LogP contribution in [-0.2, 0) is 9.53 Å². The summed E-state index contributed by atoms with van der Waals surface area (Å²) < 4.78 is 5.76. The Balaban J connectivity index is 2.69. The molecular formula is C14H12N2O5. The number of para-hydroxylation sites is 1. The number of esters is 1. The van der Waals surface area contributed by atoms with Crippen LogP contribution >= 0.6 is 0 Å². The first-order valence-electron chi connectivity index (χ1n) is 6.01. The highest BCUT2D eigenvalue weighted by Crippen LogP contribution is 2.23. The summed E-state index contributed by atoms with van der Waals surface area (Å²) in [6.07, 6.45) is 2.56. The smallest absolute Gasteiger partial charge is 0.409 e. The second kappa shape index (κ2) is 5.58. The number of methoxy groups -OCH3 is 1. The minimum absolute atomic E-state index is 0.230. The van der Waals surface area contributed by atoms with E-state index in [1.807, 2.05) is 0 Å². The molecule has 0 atom stereocenters. The molecule has 2 rings (SSSR count). The van der Waals surface area contributed by atoms with Gasteiger partial charge in [0, 0.05) is 30.1 Å². The van der Waals surface area contributed by atoms with Gasteiger partial charge in [-0.3, -0.25) is 19.5 Å². The van der Waals surface area contributed by atoms with E-state index in [4.69, 9.17) is 0 Å². The summed E-state index contributed by atoms with van der Waals surface area (Å²) in [6, 6.07) is 6.94. The summed E-state index contributed by atoms with van der Waals surface area (Å²) in [5, 5.41) is 11.6. The van der Waals surface area contributed by atoms with E-state index in [-0.39, 0.29) is 5.91 Å². The van der Waals surface area contributed by atoms with Gasteiger partial charge in [-0.05, 0) is 6.07 Å².